The fourth-order valence-corrected chi connectivity index (χ4v) is 8.12. The summed E-state index contributed by atoms with van der Waals surface area (Å²) in [5.74, 6) is -0.160. The van der Waals surface area contributed by atoms with Crippen LogP contribution in [0.4, 0.5) is 0 Å². The summed E-state index contributed by atoms with van der Waals surface area (Å²) in [5, 5.41) is 33.7. The van der Waals surface area contributed by atoms with Crippen molar-refractivity contribution in [1.82, 2.24) is 5.32 Å². The van der Waals surface area contributed by atoms with Crippen molar-refractivity contribution in [3.8, 4) is 0 Å². The molecular weight excluding hydrogens is 727 g/mol. The molecule has 3 unspecified atom stereocenters. The summed E-state index contributed by atoms with van der Waals surface area (Å²) in [6.07, 6.45) is 62.8. The van der Waals surface area contributed by atoms with Crippen LogP contribution >= 0.6 is 0 Å². The molecule has 1 amide bonds. The zero-order valence-corrected chi connectivity index (χ0v) is 39.6. The summed E-state index contributed by atoms with van der Waals surface area (Å²) in [6.45, 7) is 4.19. The Hall–Kier alpha value is -1.43. The first-order chi connectivity index (χ1) is 29.1. The monoisotopic (exact) mass is 830 g/mol. The first kappa shape index (κ1) is 57.6. The van der Waals surface area contributed by atoms with Crippen molar-refractivity contribution in [2.45, 2.75) is 295 Å². The Kier molecular flexibility index (Phi) is 48.0. The maximum atomic E-state index is 12.5. The third-order valence-corrected chi connectivity index (χ3v) is 12.2. The Balaban J connectivity index is 3.64. The molecule has 0 aliphatic carbocycles. The zero-order valence-electron chi connectivity index (χ0n) is 39.6. The van der Waals surface area contributed by atoms with Gasteiger partial charge in [0.2, 0.25) is 5.91 Å². The normalized spacial score (nSPS) is 13.6. The Morgan fingerprint density at radius 3 is 1.03 bits per heavy atom. The van der Waals surface area contributed by atoms with Crippen LogP contribution in [0.3, 0.4) is 0 Å². The second kappa shape index (κ2) is 49.2. The van der Waals surface area contributed by atoms with Crippen LogP contribution in [-0.4, -0.2) is 46.1 Å². The number of carbonyl (C=O) groups is 1. The van der Waals surface area contributed by atoms with Gasteiger partial charge < -0.3 is 20.6 Å². The summed E-state index contributed by atoms with van der Waals surface area (Å²) < 4.78 is 0. The van der Waals surface area contributed by atoms with Gasteiger partial charge in [-0.15, -0.1) is 0 Å². The highest BCUT2D eigenvalue weighted by Gasteiger charge is 2.26. The molecule has 4 N–H and O–H groups in total. The number of aliphatic hydroxyl groups excluding tert-OH is 3. The molecular formula is C54H103NO4. The van der Waals surface area contributed by atoms with Gasteiger partial charge >= 0.3 is 0 Å². The van der Waals surface area contributed by atoms with Gasteiger partial charge in [0.1, 0.15) is 6.10 Å². The quantitative estimate of drug-likeness (QED) is 0.0363. The molecule has 0 saturated carbocycles. The van der Waals surface area contributed by atoms with Crippen LogP contribution in [0.5, 0.6) is 0 Å². The highest BCUT2D eigenvalue weighted by Crippen LogP contribution is 2.16. The van der Waals surface area contributed by atoms with Crippen molar-refractivity contribution in [2.24, 2.45) is 0 Å². The van der Waals surface area contributed by atoms with E-state index >= 15 is 0 Å². The van der Waals surface area contributed by atoms with Gasteiger partial charge in [-0.1, -0.05) is 230 Å². The maximum absolute atomic E-state index is 12.5. The summed E-state index contributed by atoms with van der Waals surface area (Å²) in [7, 11) is 0. The van der Waals surface area contributed by atoms with E-state index in [0.29, 0.717) is 12.8 Å². The van der Waals surface area contributed by atoms with Gasteiger partial charge in [0.25, 0.3) is 0 Å². The van der Waals surface area contributed by atoms with Crippen LogP contribution in [0.2, 0.25) is 0 Å². The molecule has 0 radical (unpaired) electrons. The van der Waals surface area contributed by atoms with E-state index in [1.807, 2.05) is 0 Å². The van der Waals surface area contributed by atoms with Crippen molar-refractivity contribution < 1.29 is 20.1 Å². The molecule has 0 spiro atoms. The molecule has 0 saturated heterocycles. The van der Waals surface area contributed by atoms with E-state index in [4.69, 9.17) is 0 Å². The van der Waals surface area contributed by atoms with Gasteiger partial charge in [-0.3, -0.25) is 4.79 Å². The van der Waals surface area contributed by atoms with E-state index in [9.17, 15) is 20.1 Å². The topological polar surface area (TPSA) is 89.8 Å². The zero-order chi connectivity index (χ0) is 43.0. The van der Waals surface area contributed by atoms with Crippen LogP contribution in [0, 0.1) is 0 Å². The Bertz CT molecular complexity index is 916. The van der Waals surface area contributed by atoms with Crippen molar-refractivity contribution in [3.63, 3.8) is 0 Å². The highest BCUT2D eigenvalue weighted by molar-refractivity contribution is 5.76. The standard InChI is InChI=1S/C54H103NO4/c1-3-5-7-9-11-13-15-17-19-21-23-25-26-27-29-30-32-34-36-38-40-42-44-46-48-52(57)54(59)51(50-56)55-53(58)49-47-45-43-41-39-37-35-33-31-28-24-22-20-18-16-14-12-10-8-6-4-2/h28,31-32,34,40,42,51-52,54,56-57,59H,3-27,29-30,33,35-39,41,43-50H2,1-2H3,(H,55,58)/b31-28-,34-32+,42-40+. The average molecular weight is 830 g/mol. The molecule has 5 nitrogen and oxygen atoms in total. The molecule has 0 heterocycles. The van der Waals surface area contributed by atoms with E-state index in [0.717, 1.165) is 44.9 Å². The van der Waals surface area contributed by atoms with Gasteiger partial charge in [-0.25, -0.2) is 0 Å². The number of hydrogen-bond donors (Lipinski definition) is 4. The minimum Gasteiger partial charge on any atom is -0.394 e. The molecule has 348 valence electrons. The molecule has 0 aromatic heterocycles. The maximum Gasteiger partial charge on any atom is 0.220 e. The number of amides is 1. The Morgan fingerprint density at radius 2 is 0.695 bits per heavy atom. The first-order valence-corrected chi connectivity index (χ1v) is 26.3. The summed E-state index contributed by atoms with van der Waals surface area (Å²) in [4.78, 5) is 12.5. The first-order valence-electron chi connectivity index (χ1n) is 26.3. The van der Waals surface area contributed by atoms with Gasteiger partial charge in [0, 0.05) is 6.42 Å². The molecule has 0 aromatic rings. The fraction of sp³-hybridized carbons (Fsp3) is 0.870. The lowest BCUT2D eigenvalue weighted by molar-refractivity contribution is -0.124. The smallest absolute Gasteiger partial charge is 0.220 e. The highest BCUT2D eigenvalue weighted by atomic mass is 16.3. The van der Waals surface area contributed by atoms with Crippen LogP contribution in [0.15, 0.2) is 36.5 Å². The molecule has 0 fully saturated rings. The van der Waals surface area contributed by atoms with Crippen molar-refractivity contribution in [1.29, 1.82) is 0 Å². The molecule has 59 heavy (non-hydrogen) atoms. The van der Waals surface area contributed by atoms with Crippen LogP contribution in [-0.2, 0) is 4.79 Å². The van der Waals surface area contributed by atoms with E-state index < -0.39 is 18.2 Å². The number of rotatable bonds is 48. The largest absolute Gasteiger partial charge is 0.394 e. The summed E-state index contributed by atoms with van der Waals surface area (Å²) in [5.41, 5.74) is 0. The van der Waals surface area contributed by atoms with E-state index in [1.54, 1.807) is 0 Å². The number of aliphatic hydroxyl groups is 3. The Labute approximate surface area is 368 Å². The molecule has 0 rings (SSSR count). The molecule has 0 aliphatic rings. The third-order valence-electron chi connectivity index (χ3n) is 12.2. The fourth-order valence-electron chi connectivity index (χ4n) is 8.12. The minimum absolute atomic E-state index is 0.160. The number of nitrogens with one attached hydrogen (secondary N) is 1. The number of carbonyl (C=O) groups excluding carboxylic acids is 1. The number of hydrogen-bond acceptors (Lipinski definition) is 4. The Morgan fingerprint density at radius 1 is 0.407 bits per heavy atom. The predicted octanol–water partition coefficient (Wildman–Crippen LogP) is 15.9. The second-order valence-corrected chi connectivity index (χ2v) is 18.1. The van der Waals surface area contributed by atoms with E-state index in [2.05, 4.69) is 55.6 Å². The molecule has 0 aromatic carbocycles. The van der Waals surface area contributed by atoms with Gasteiger partial charge in [-0.05, 0) is 77.0 Å². The second-order valence-electron chi connectivity index (χ2n) is 18.1. The van der Waals surface area contributed by atoms with Gasteiger partial charge in [0.15, 0.2) is 0 Å². The van der Waals surface area contributed by atoms with Gasteiger partial charge in [0.05, 0.1) is 18.8 Å². The predicted molar refractivity (Wildman–Crippen MR) is 259 cm³/mol. The third kappa shape index (κ3) is 44.4. The molecule has 0 bridgehead atoms. The van der Waals surface area contributed by atoms with Crippen LogP contribution in [0.1, 0.15) is 277 Å². The van der Waals surface area contributed by atoms with E-state index in [-0.39, 0.29) is 12.5 Å². The molecule has 0 aliphatic heterocycles. The van der Waals surface area contributed by atoms with Crippen LogP contribution in [0.25, 0.3) is 0 Å². The molecule has 5 heteroatoms. The van der Waals surface area contributed by atoms with Crippen molar-refractivity contribution in [2.75, 3.05) is 6.61 Å². The molecule has 3 atom stereocenters. The minimum atomic E-state index is -1.17. The lowest BCUT2D eigenvalue weighted by atomic mass is 10.0. The summed E-state index contributed by atoms with van der Waals surface area (Å²) in [6, 6.07) is -0.835. The van der Waals surface area contributed by atoms with E-state index in [1.165, 1.54) is 205 Å². The number of allylic oxidation sites excluding steroid dienone is 6. The lowest BCUT2D eigenvalue weighted by Gasteiger charge is -2.26. The lowest BCUT2D eigenvalue weighted by Crippen LogP contribution is -2.50. The van der Waals surface area contributed by atoms with Gasteiger partial charge in [-0.2, -0.15) is 0 Å². The SMILES string of the molecule is CCCCCCCCCCCC/C=C\CCCCCCCCCC(=O)NC(CO)C(O)C(O)CCC/C=C/CC/C=C/CCCCCCCCCCCCCCCCC. The average Bonchev–Trinajstić information content (AvgIpc) is 3.24. The summed E-state index contributed by atoms with van der Waals surface area (Å²) >= 11 is 0. The number of unbranched alkanes of at least 4 members (excludes halogenated alkanes) is 34. The van der Waals surface area contributed by atoms with Crippen molar-refractivity contribution >= 4 is 5.91 Å². The van der Waals surface area contributed by atoms with Crippen molar-refractivity contribution in [3.05, 3.63) is 36.5 Å². The van der Waals surface area contributed by atoms with Crippen LogP contribution < -0.4 is 5.32 Å².